The highest BCUT2D eigenvalue weighted by Crippen LogP contribution is 2.30. The van der Waals surface area contributed by atoms with Gasteiger partial charge in [-0.25, -0.2) is 4.79 Å². The maximum atomic E-state index is 12.1. The molecule has 144 valence electrons. The van der Waals surface area contributed by atoms with Crippen LogP contribution in [0.5, 0.6) is 11.5 Å². The van der Waals surface area contributed by atoms with Crippen LogP contribution in [-0.4, -0.2) is 30.8 Å². The molecule has 7 nitrogen and oxygen atoms in total. The summed E-state index contributed by atoms with van der Waals surface area (Å²) in [5.74, 6) is 0.144. The van der Waals surface area contributed by atoms with Crippen molar-refractivity contribution in [2.24, 2.45) is 5.16 Å². The van der Waals surface area contributed by atoms with Crippen LogP contribution in [0.15, 0.2) is 59.3 Å². The molecule has 7 heteroatoms. The molecule has 1 aliphatic rings. The van der Waals surface area contributed by atoms with Crippen molar-refractivity contribution in [3.05, 3.63) is 59.7 Å². The Kier molecular flexibility index (Phi) is 6.06. The molecule has 0 spiro atoms. The third-order valence-corrected chi connectivity index (χ3v) is 3.87. The van der Waals surface area contributed by atoms with Gasteiger partial charge in [0.1, 0.15) is 0 Å². The zero-order valence-electron chi connectivity index (χ0n) is 15.6. The number of carbonyl (C=O) groups excluding carboxylic acids is 2. The molecule has 1 N–H and O–H groups in total. The number of nitrogens with one attached hydrogen (secondary N) is 1. The molecule has 3 rings (SSSR count). The number of hydrogen-bond donors (Lipinski definition) is 1. The third kappa shape index (κ3) is 4.76. The number of ether oxygens (including phenoxy) is 2. The van der Waals surface area contributed by atoms with Gasteiger partial charge in [-0.3, -0.25) is 4.79 Å². The number of nitrogens with zero attached hydrogens (tertiary/aromatic N) is 1. The molecule has 2 aromatic rings. The molecule has 2 aromatic carbocycles. The Morgan fingerprint density at radius 3 is 2.61 bits per heavy atom. The minimum atomic E-state index is -0.492. The van der Waals surface area contributed by atoms with E-state index in [1.54, 1.807) is 43.3 Å². The summed E-state index contributed by atoms with van der Waals surface area (Å²) in [4.78, 5) is 28.4. The minimum Gasteiger partial charge on any atom is -0.490 e. The quantitative estimate of drug-likeness (QED) is 0.588. The van der Waals surface area contributed by atoms with E-state index in [0.29, 0.717) is 35.1 Å². The summed E-state index contributed by atoms with van der Waals surface area (Å²) < 4.78 is 11.2. The van der Waals surface area contributed by atoms with Crippen molar-refractivity contribution in [3.8, 4) is 11.5 Å². The number of para-hydroxylation sites is 1. The van der Waals surface area contributed by atoms with Gasteiger partial charge in [-0.05, 0) is 49.8 Å². The van der Waals surface area contributed by atoms with Crippen LogP contribution in [0.1, 0.15) is 19.4 Å². The molecular formula is C21H20N2O5. The van der Waals surface area contributed by atoms with E-state index in [2.05, 4.69) is 15.3 Å². The summed E-state index contributed by atoms with van der Waals surface area (Å²) in [6, 6.07) is 14.3. The van der Waals surface area contributed by atoms with E-state index in [9.17, 15) is 9.59 Å². The predicted octanol–water partition coefficient (Wildman–Crippen LogP) is 3.42. The van der Waals surface area contributed by atoms with Gasteiger partial charge in [0.15, 0.2) is 18.1 Å². The van der Waals surface area contributed by atoms with Crippen molar-refractivity contribution < 1.29 is 23.9 Å². The number of benzene rings is 2. The molecule has 0 fully saturated rings. The molecule has 0 aromatic heterocycles. The first-order valence-corrected chi connectivity index (χ1v) is 8.79. The van der Waals surface area contributed by atoms with Crippen LogP contribution >= 0.6 is 0 Å². The normalized spacial score (nSPS) is 14.4. The minimum absolute atomic E-state index is 0.159. The van der Waals surface area contributed by atoms with Gasteiger partial charge in [0.05, 0.1) is 17.9 Å². The Bertz CT molecular complexity index is 935. The van der Waals surface area contributed by atoms with E-state index < -0.39 is 5.97 Å². The van der Waals surface area contributed by atoms with Gasteiger partial charge in [-0.15, -0.1) is 0 Å². The molecular weight excluding hydrogens is 360 g/mol. The zero-order chi connectivity index (χ0) is 19.9. The van der Waals surface area contributed by atoms with Crippen molar-refractivity contribution in [1.82, 2.24) is 0 Å². The fourth-order valence-electron chi connectivity index (χ4n) is 2.55. The maximum Gasteiger partial charge on any atom is 0.367 e. The lowest BCUT2D eigenvalue weighted by Gasteiger charge is -2.13. The number of anilines is 1. The molecule has 0 bridgehead atoms. The van der Waals surface area contributed by atoms with E-state index in [-0.39, 0.29) is 12.5 Å². The summed E-state index contributed by atoms with van der Waals surface area (Å²) in [5, 5.41) is 6.41. The molecule has 1 amide bonds. The topological polar surface area (TPSA) is 86.2 Å². The van der Waals surface area contributed by atoms with E-state index in [0.717, 1.165) is 5.56 Å². The fourth-order valence-corrected chi connectivity index (χ4v) is 2.55. The number of carbonyl (C=O) groups is 2. The molecule has 0 unspecified atom stereocenters. The van der Waals surface area contributed by atoms with Crippen LogP contribution in [0.2, 0.25) is 0 Å². The lowest BCUT2D eigenvalue weighted by atomic mass is 10.1. The Morgan fingerprint density at radius 2 is 1.93 bits per heavy atom. The summed E-state index contributed by atoms with van der Waals surface area (Å²) in [6.07, 6.45) is 1.67. The van der Waals surface area contributed by atoms with Gasteiger partial charge < -0.3 is 19.6 Å². The SMILES string of the molecule is CCOc1cc(C=C2C(=O)ON=C2C)ccc1OCC(=O)Nc1ccccc1. The van der Waals surface area contributed by atoms with Crippen molar-refractivity contribution in [2.45, 2.75) is 13.8 Å². The maximum absolute atomic E-state index is 12.1. The van der Waals surface area contributed by atoms with E-state index in [1.165, 1.54) is 0 Å². The number of rotatable bonds is 7. The molecule has 1 heterocycles. The number of oxime groups is 1. The zero-order valence-corrected chi connectivity index (χ0v) is 15.6. The second-order valence-electron chi connectivity index (χ2n) is 5.96. The lowest BCUT2D eigenvalue weighted by molar-refractivity contribution is -0.136. The summed E-state index contributed by atoms with van der Waals surface area (Å²) >= 11 is 0. The lowest BCUT2D eigenvalue weighted by Crippen LogP contribution is -2.20. The Hall–Kier alpha value is -3.61. The van der Waals surface area contributed by atoms with E-state index >= 15 is 0 Å². The molecule has 1 aliphatic heterocycles. The van der Waals surface area contributed by atoms with Crippen LogP contribution < -0.4 is 14.8 Å². The van der Waals surface area contributed by atoms with Crippen LogP contribution in [0.4, 0.5) is 5.69 Å². The van der Waals surface area contributed by atoms with Crippen molar-refractivity contribution in [3.63, 3.8) is 0 Å². The Labute approximate surface area is 162 Å². The first-order valence-electron chi connectivity index (χ1n) is 8.79. The van der Waals surface area contributed by atoms with Crippen LogP contribution in [-0.2, 0) is 14.4 Å². The first kappa shape index (κ1) is 19.2. The van der Waals surface area contributed by atoms with Crippen molar-refractivity contribution in [1.29, 1.82) is 0 Å². The van der Waals surface area contributed by atoms with Gasteiger partial charge in [0.25, 0.3) is 5.91 Å². The number of hydrogen-bond acceptors (Lipinski definition) is 6. The summed E-state index contributed by atoms with van der Waals surface area (Å²) in [6.45, 7) is 3.81. The summed E-state index contributed by atoms with van der Waals surface area (Å²) in [7, 11) is 0. The summed E-state index contributed by atoms with van der Waals surface area (Å²) in [5.41, 5.74) is 2.33. The van der Waals surface area contributed by atoms with Gasteiger partial charge in [0.2, 0.25) is 0 Å². The van der Waals surface area contributed by atoms with E-state index in [4.69, 9.17) is 9.47 Å². The largest absolute Gasteiger partial charge is 0.490 e. The average Bonchev–Trinajstić information content (AvgIpc) is 3.00. The fraction of sp³-hybridized carbons (Fsp3) is 0.190. The third-order valence-electron chi connectivity index (χ3n) is 3.87. The van der Waals surface area contributed by atoms with Crippen molar-refractivity contribution in [2.75, 3.05) is 18.5 Å². The van der Waals surface area contributed by atoms with Gasteiger partial charge >= 0.3 is 5.97 Å². The average molecular weight is 380 g/mol. The number of amides is 1. The van der Waals surface area contributed by atoms with Crippen LogP contribution in [0.25, 0.3) is 6.08 Å². The monoisotopic (exact) mass is 380 g/mol. The molecule has 0 aliphatic carbocycles. The highest BCUT2D eigenvalue weighted by Gasteiger charge is 2.22. The van der Waals surface area contributed by atoms with Crippen LogP contribution in [0, 0.1) is 0 Å². The second kappa shape index (κ2) is 8.85. The highest BCUT2D eigenvalue weighted by molar-refractivity contribution is 6.24. The molecule has 0 atom stereocenters. The standard InChI is InChI=1S/C21H20N2O5/c1-3-26-19-12-15(11-17-14(2)23-28-21(17)25)9-10-18(19)27-13-20(24)22-16-7-5-4-6-8-16/h4-12H,3,13H2,1-2H3,(H,22,24). The Balaban J connectivity index is 1.71. The molecule has 0 saturated heterocycles. The predicted molar refractivity (Wildman–Crippen MR) is 105 cm³/mol. The van der Waals surface area contributed by atoms with Gasteiger partial charge in [0, 0.05) is 5.69 Å². The first-order chi connectivity index (χ1) is 13.6. The molecule has 28 heavy (non-hydrogen) atoms. The highest BCUT2D eigenvalue weighted by atomic mass is 16.7. The van der Waals surface area contributed by atoms with Gasteiger partial charge in [-0.2, -0.15) is 0 Å². The van der Waals surface area contributed by atoms with Crippen LogP contribution in [0.3, 0.4) is 0 Å². The molecule has 0 radical (unpaired) electrons. The Morgan fingerprint density at radius 1 is 1.14 bits per heavy atom. The van der Waals surface area contributed by atoms with Gasteiger partial charge in [-0.1, -0.05) is 29.4 Å². The molecule has 0 saturated carbocycles. The van der Waals surface area contributed by atoms with Crippen molar-refractivity contribution >= 4 is 29.4 Å². The smallest absolute Gasteiger partial charge is 0.367 e. The van der Waals surface area contributed by atoms with E-state index in [1.807, 2.05) is 25.1 Å². The second-order valence-corrected chi connectivity index (χ2v) is 5.96.